The lowest BCUT2D eigenvalue weighted by Gasteiger charge is -2.00. The van der Waals surface area contributed by atoms with Gasteiger partial charge in [-0.25, -0.2) is 17.8 Å². The molecular formula is C6H5ClFNO3S. The van der Waals surface area contributed by atoms with Gasteiger partial charge in [-0.05, 0) is 0 Å². The molecule has 1 rings (SSSR count). The van der Waals surface area contributed by atoms with Gasteiger partial charge >= 0.3 is 0 Å². The third-order valence-corrected chi connectivity index (χ3v) is 2.59. The Balaban J connectivity index is 3.29. The average Bonchev–Trinajstić information content (AvgIpc) is 2.01. The zero-order valence-electron chi connectivity index (χ0n) is 6.49. The van der Waals surface area contributed by atoms with Crippen molar-refractivity contribution in [1.29, 1.82) is 0 Å². The summed E-state index contributed by atoms with van der Waals surface area (Å²) >= 11 is 0. The van der Waals surface area contributed by atoms with Crippen LogP contribution in [-0.2, 0) is 9.05 Å². The van der Waals surface area contributed by atoms with Gasteiger partial charge in [-0.15, -0.1) is 0 Å². The summed E-state index contributed by atoms with van der Waals surface area (Å²) in [6, 6.07) is 0.843. The van der Waals surface area contributed by atoms with E-state index in [0.717, 1.165) is 12.3 Å². The van der Waals surface area contributed by atoms with E-state index in [0.29, 0.717) is 0 Å². The van der Waals surface area contributed by atoms with Crippen molar-refractivity contribution in [1.82, 2.24) is 4.98 Å². The molecule has 0 aromatic carbocycles. The molecule has 0 spiro atoms. The van der Waals surface area contributed by atoms with Gasteiger partial charge < -0.3 is 4.74 Å². The molecule has 1 aromatic heterocycles. The van der Waals surface area contributed by atoms with E-state index in [4.69, 9.17) is 10.7 Å². The summed E-state index contributed by atoms with van der Waals surface area (Å²) in [4.78, 5) is 2.84. The number of rotatable bonds is 2. The summed E-state index contributed by atoms with van der Waals surface area (Å²) in [5.41, 5.74) is 0. The molecule has 7 heteroatoms. The number of halogens is 2. The molecule has 0 N–H and O–H groups in total. The highest BCUT2D eigenvalue weighted by Crippen LogP contribution is 2.20. The Morgan fingerprint density at radius 3 is 2.62 bits per heavy atom. The Labute approximate surface area is 78.7 Å². The fraction of sp³-hybridized carbons (Fsp3) is 0.167. The number of ether oxygens (including phenoxy) is 1. The molecule has 0 bridgehead atoms. The molecule has 0 amide bonds. The second-order valence-electron chi connectivity index (χ2n) is 2.09. The monoisotopic (exact) mass is 225 g/mol. The van der Waals surface area contributed by atoms with Crippen LogP contribution in [0.1, 0.15) is 0 Å². The Kier molecular flexibility index (Phi) is 2.72. The molecule has 0 radical (unpaired) electrons. The summed E-state index contributed by atoms with van der Waals surface area (Å²) in [7, 11) is 2.12. The van der Waals surface area contributed by atoms with Crippen LogP contribution in [0.25, 0.3) is 0 Å². The van der Waals surface area contributed by atoms with Crippen molar-refractivity contribution in [3.63, 3.8) is 0 Å². The highest BCUT2D eigenvalue weighted by atomic mass is 35.7. The molecule has 0 fully saturated rings. The number of nitrogens with zero attached hydrogens (tertiary/aromatic N) is 1. The molecule has 72 valence electrons. The van der Waals surface area contributed by atoms with Crippen molar-refractivity contribution in [2.24, 2.45) is 0 Å². The van der Waals surface area contributed by atoms with Gasteiger partial charge in [0.25, 0.3) is 9.05 Å². The Morgan fingerprint density at radius 2 is 2.23 bits per heavy atom. The summed E-state index contributed by atoms with van der Waals surface area (Å²) in [5.74, 6) is -0.997. The molecule has 1 aromatic rings. The third kappa shape index (κ3) is 2.28. The SMILES string of the molecule is COc1cc(F)c(S(=O)(=O)Cl)cn1. The first-order chi connectivity index (χ1) is 5.95. The van der Waals surface area contributed by atoms with E-state index in [1.54, 1.807) is 0 Å². The van der Waals surface area contributed by atoms with Gasteiger partial charge in [0.2, 0.25) is 5.88 Å². The van der Waals surface area contributed by atoms with Gasteiger partial charge in [-0.1, -0.05) is 0 Å². The van der Waals surface area contributed by atoms with Crippen molar-refractivity contribution in [2.75, 3.05) is 7.11 Å². The molecule has 0 saturated heterocycles. The Bertz CT molecular complexity index is 420. The lowest BCUT2D eigenvalue weighted by Crippen LogP contribution is -1.98. The molecule has 1 heterocycles. The Morgan fingerprint density at radius 1 is 1.62 bits per heavy atom. The lowest BCUT2D eigenvalue weighted by atomic mass is 10.4. The maximum Gasteiger partial charge on any atom is 0.265 e. The number of aromatic nitrogens is 1. The van der Waals surface area contributed by atoms with Crippen LogP contribution in [-0.4, -0.2) is 20.5 Å². The number of hydrogen-bond acceptors (Lipinski definition) is 4. The molecule has 0 aliphatic rings. The first-order valence-electron chi connectivity index (χ1n) is 3.09. The van der Waals surface area contributed by atoms with E-state index in [2.05, 4.69) is 9.72 Å². The van der Waals surface area contributed by atoms with Gasteiger partial charge in [0.15, 0.2) is 0 Å². The second kappa shape index (κ2) is 3.47. The third-order valence-electron chi connectivity index (χ3n) is 1.27. The van der Waals surface area contributed by atoms with Crippen LogP contribution in [0.2, 0.25) is 0 Å². The van der Waals surface area contributed by atoms with Crippen LogP contribution >= 0.6 is 10.7 Å². The van der Waals surface area contributed by atoms with Crippen LogP contribution < -0.4 is 4.74 Å². The van der Waals surface area contributed by atoms with E-state index in [9.17, 15) is 12.8 Å². The number of hydrogen-bond donors (Lipinski definition) is 0. The number of pyridine rings is 1. The largest absolute Gasteiger partial charge is 0.481 e. The topological polar surface area (TPSA) is 56.3 Å². The van der Waals surface area contributed by atoms with E-state index in [1.165, 1.54) is 7.11 Å². The molecular weight excluding hydrogens is 221 g/mol. The van der Waals surface area contributed by atoms with E-state index < -0.39 is 19.8 Å². The minimum absolute atomic E-state index is 0.0124. The van der Waals surface area contributed by atoms with Crippen molar-refractivity contribution in [3.8, 4) is 5.88 Å². The number of methoxy groups -OCH3 is 1. The molecule has 0 unspecified atom stereocenters. The summed E-state index contributed by atoms with van der Waals surface area (Å²) in [5, 5.41) is 0. The maximum absolute atomic E-state index is 12.9. The summed E-state index contributed by atoms with van der Waals surface area (Å²) < 4.78 is 38.9. The quantitative estimate of drug-likeness (QED) is 0.709. The fourth-order valence-electron chi connectivity index (χ4n) is 0.692. The van der Waals surface area contributed by atoms with Crippen LogP contribution in [0.3, 0.4) is 0 Å². The minimum atomic E-state index is -4.08. The highest BCUT2D eigenvalue weighted by molar-refractivity contribution is 8.13. The minimum Gasteiger partial charge on any atom is -0.481 e. The van der Waals surface area contributed by atoms with Gasteiger partial charge in [0, 0.05) is 16.7 Å². The Hall–Kier alpha value is -0.880. The summed E-state index contributed by atoms with van der Waals surface area (Å²) in [6.07, 6.45) is 0.802. The molecule has 0 atom stereocenters. The normalized spacial score (nSPS) is 11.3. The highest BCUT2D eigenvalue weighted by Gasteiger charge is 2.17. The maximum atomic E-state index is 12.9. The van der Waals surface area contributed by atoms with Gasteiger partial charge in [0.05, 0.1) is 13.3 Å². The first kappa shape index (κ1) is 10.2. The van der Waals surface area contributed by atoms with Crippen LogP contribution in [0.4, 0.5) is 4.39 Å². The second-order valence-corrected chi connectivity index (χ2v) is 4.63. The standard InChI is InChI=1S/C6H5ClFNO3S/c1-12-6-2-4(8)5(3-9-6)13(7,10)11/h2-3H,1H3. The van der Waals surface area contributed by atoms with Crippen LogP contribution in [0, 0.1) is 5.82 Å². The van der Waals surface area contributed by atoms with Crippen molar-refractivity contribution in [2.45, 2.75) is 4.90 Å². The first-order valence-corrected chi connectivity index (χ1v) is 5.40. The summed E-state index contributed by atoms with van der Waals surface area (Å²) in [6.45, 7) is 0. The van der Waals surface area contributed by atoms with Crippen molar-refractivity contribution < 1.29 is 17.5 Å². The van der Waals surface area contributed by atoms with Crippen LogP contribution in [0.5, 0.6) is 5.88 Å². The molecule has 4 nitrogen and oxygen atoms in total. The van der Waals surface area contributed by atoms with E-state index >= 15 is 0 Å². The predicted octanol–water partition coefficient (Wildman–Crippen LogP) is 1.16. The average molecular weight is 226 g/mol. The van der Waals surface area contributed by atoms with Crippen molar-refractivity contribution in [3.05, 3.63) is 18.1 Å². The van der Waals surface area contributed by atoms with Crippen molar-refractivity contribution >= 4 is 19.7 Å². The molecule has 0 saturated carbocycles. The van der Waals surface area contributed by atoms with Gasteiger partial charge in [0.1, 0.15) is 10.7 Å². The van der Waals surface area contributed by atoms with Gasteiger partial charge in [-0.3, -0.25) is 0 Å². The van der Waals surface area contributed by atoms with E-state index in [1.807, 2.05) is 0 Å². The zero-order chi connectivity index (χ0) is 10.1. The molecule has 0 aliphatic heterocycles. The molecule has 0 aliphatic carbocycles. The predicted molar refractivity (Wildman–Crippen MR) is 43.8 cm³/mol. The van der Waals surface area contributed by atoms with E-state index in [-0.39, 0.29) is 5.88 Å². The van der Waals surface area contributed by atoms with Crippen LogP contribution in [0.15, 0.2) is 17.2 Å². The zero-order valence-corrected chi connectivity index (χ0v) is 8.06. The smallest absolute Gasteiger partial charge is 0.265 e. The van der Waals surface area contributed by atoms with Gasteiger partial charge in [-0.2, -0.15) is 0 Å². The fourth-order valence-corrected chi connectivity index (χ4v) is 1.50. The molecule has 13 heavy (non-hydrogen) atoms. The lowest BCUT2D eigenvalue weighted by molar-refractivity contribution is 0.392.